The van der Waals surface area contributed by atoms with Crippen LogP contribution in [0.25, 0.3) is 22.3 Å². The fourth-order valence-corrected chi connectivity index (χ4v) is 2.46. The molecule has 0 atom stereocenters. The molecule has 0 heterocycles. The van der Waals surface area contributed by atoms with Crippen LogP contribution in [0.2, 0.25) is 0 Å². The van der Waals surface area contributed by atoms with Gasteiger partial charge in [0.15, 0.2) is 0 Å². The maximum absolute atomic E-state index is 6.13. The van der Waals surface area contributed by atoms with Gasteiger partial charge in [-0.25, -0.2) is 0 Å². The maximum Gasteiger partial charge on any atom is 0.0414 e. The van der Waals surface area contributed by atoms with Crippen molar-refractivity contribution in [1.29, 1.82) is 0 Å². The zero-order valence-electron chi connectivity index (χ0n) is 12.1. The lowest BCUT2D eigenvalue weighted by Gasteiger charge is -2.13. The highest BCUT2D eigenvalue weighted by Gasteiger charge is 2.09. The van der Waals surface area contributed by atoms with Crippen LogP contribution in [0.3, 0.4) is 0 Å². The highest BCUT2D eigenvalue weighted by Crippen LogP contribution is 2.36. The third kappa shape index (κ3) is 2.54. The second kappa shape index (κ2) is 5.33. The smallest absolute Gasteiger partial charge is 0.0414 e. The van der Waals surface area contributed by atoms with Gasteiger partial charge >= 0.3 is 0 Å². The number of hydrogen-bond acceptors (Lipinski definition) is 4. The van der Waals surface area contributed by atoms with E-state index in [9.17, 15) is 0 Å². The Labute approximate surface area is 129 Å². The van der Waals surface area contributed by atoms with Crippen molar-refractivity contribution in [2.45, 2.75) is 0 Å². The third-order valence-electron chi connectivity index (χ3n) is 3.67. The molecule has 0 aliphatic carbocycles. The summed E-state index contributed by atoms with van der Waals surface area (Å²) in [6.45, 7) is 0. The average molecular weight is 290 g/mol. The Bertz CT molecular complexity index is 739. The number of nitrogen functional groups attached to an aromatic ring is 4. The highest BCUT2D eigenvalue weighted by atomic mass is 14.6. The summed E-state index contributed by atoms with van der Waals surface area (Å²) in [5, 5.41) is 0. The molecule has 0 saturated heterocycles. The van der Waals surface area contributed by atoms with Crippen molar-refractivity contribution in [2.24, 2.45) is 0 Å². The Morgan fingerprint density at radius 2 is 0.818 bits per heavy atom. The molecule has 0 radical (unpaired) electrons. The molecule has 0 fully saturated rings. The van der Waals surface area contributed by atoms with E-state index in [-0.39, 0.29) is 0 Å². The Hall–Kier alpha value is -3.14. The van der Waals surface area contributed by atoms with Crippen LogP contribution in [0.15, 0.2) is 60.7 Å². The normalized spacial score (nSPS) is 10.5. The lowest BCUT2D eigenvalue weighted by atomic mass is 9.96. The summed E-state index contributed by atoms with van der Waals surface area (Å²) in [4.78, 5) is 0. The van der Waals surface area contributed by atoms with Gasteiger partial charge in [0.05, 0.1) is 0 Å². The van der Waals surface area contributed by atoms with Gasteiger partial charge in [0.25, 0.3) is 0 Å². The van der Waals surface area contributed by atoms with E-state index < -0.39 is 0 Å². The second-order valence-corrected chi connectivity index (χ2v) is 5.27. The van der Waals surface area contributed by atoms with E-state index in [1.807, 2.05) is 54.6 Å². The summed E-state index contributed by atoms with van der Waals surface area (Å²) in [7, 11) is 0. The molecule has 3 aromatic carbocycles. The topological polar surface area (TPSA) is 104 Å². The molecule has 4 heteroatoms. The van der Waals surface area contributed by atoms with E-state index >= 15 is 0 Å². The molecule has 0 bridgehead atoms. The molecule has 3 rings (SSSR count). The second-order valence-electron chi connectivity index (χ2n) is 5.27. The molecular formula is C18H18N4. The van der Waals surface area contributed by atoms with Crippen LogP contribution in [-0.2, 0) is 0 Å². The van der Waals surface area contributed by atoms with Crippen LogP contribution < -0.4 is 22.9 Å². The summed E-state index contributed by atoms with van der Waals surface area (Å²) in [5.74, 6) is 0. The number of benzene rings is 3. The van der Waals surface area contributed by atoms with E-state index in [4.69, 9.17) is 22.9 Å². The van der Waals surface area contributed by atoms with Crippen molar-refractivity contribution in [1.82, 2.24) is 0 Å². The van der Waals surface area contributed by atoms with Crippen LogP contribution in [0.1, 0.15) is 0 Å². The molecule has 8 N–H and O–H groups in total. The van der Waals surface area contributed by atoms with Crippen LogP contribution in [0, 0.1) is 0 Å². The number of anilines is 4. The summed E-state index contributed by atoms with van der Waals surface area (Å²) in [5.41, 5.74) is 30.3. The van der Waals surface area contributed by atoms with Crippen LogP contribution in [0.4, 0.5) is 22.7 Å². The zero-order valence-corrected chi connectivity index (χ0v) is 12.1. The lowest BCUT2D eigenvalue weighted by molar-refractivity contribution is 1.57. The zero-order chi connectivity index (χ0) is 15.7. The van der Waals surface area contributed by atoms with Gasteiger partial charge in [-0.15, -0.1) is 0 Å². The summed E-state index contributed by atoms with van der Waals surface area (Å²) in [6.07, 6.45) is 0. The molecule has 0 aliphatic rings. The minimum absolute atomic E-state index is 0.640. The molecule has 0 saturated carbocycles. The molecule has 22 heavy (non-hydrogen) atoms. The first-order valence-corrected chi connectivity index (χ1v) is 6.95. The molecule has 0 unspecified atom stereocenters. The van der Waals surface area contributed by atoms with Crippen molar-refractivity contribution in [3.63, 3.8) is 0 Å². The van der Waals surface area contributed by atoms with Gasteiger partial charge in [0, 0.05) is 33.9 Å². The first-order valence-electron chi connectivity index (χ1n) is 6.95. The SMILES string of the molecule is Nc1ccc(-c2cc(-c3ccc(N)cc3)c(N)cc2N)cc1. The minimum atomic E-state index is 0.640. The molecule has 4 nitrogen and oxygen atoms in total. The predicted molar refractivity (Wildman–Crippen MR) is 95.0 cm³/mol. The first kappa shape index (κ1) is 13.8. The van der Waals surface area contributed by atoms with Crippen molar-refractivity contribution in [3.05, 3.63) is 60.7 Å². The van der Waals surface area contributed by atoms with E-state index in [1.54, 1.807) is 6.07 Å². The van der Waals surface area contributed by atoms with Crippen molar-refractivity contribution < 1.29 is 0 Å². The number of rotatable bonds is 2. The van der Waals surface area contributed by atoms with Gasteiger partial charge in [-0.2, -0.15) is 0 Å². The summed E-state index contributed by atoms with van der Waals surface area (Å²) in [6, 6.07) is 19.0. The highest BCUT2D eigenvalue weighted by molar-refractivity contribution is 5.89. The Morgan fingerprint density at radius 1 is 0.455 bits per heavy atom. The maximum atomic E-state index is 6.13. The fourth-order valence-electron chi connectivity index (χ4n) is 2.46. The Kier molecular flexibility index (Phi) is 3.35. The van der Waals surface area contributed by atoms with Gasteiger partial charge in [0.1, 0.15) is 0 Å². The average Bonchev–Trinajstić information content (AvgIpc) is 2.50. The van der Waals surface area contributed by atoms with Crippen LogP contribution in [0.5, 0.6) is 0 Å². The van der Waals surface area contributed by atoms with E-state index in [2.05, 4.69) is 0 Å². The number of hydrogen-bond donors (Lipinski definition) is 4. The molecule has 0 aromatic heterocycles. The van der Waals surface area contributed by atoms with E-state index in [0.29, 0.717) is 11.4 Å². The van der Waals surface area contributed by atoms with E-state index in [0.717, 1.165) is 33.6 Å². The molecule has 0 spiro atoms. The van der Waals surface area contributed by atoms with Gasteiger partial charge in [-0.1, -0.05) is 24.3 Å². The number of nitrogens with two attached hydrogens (primary N) is 4. The Balaban J connectivity index is 2.14. The third-order valence-corrected chi connectivity index (χ3v) is 3.67. The predicted octanol–water partition coefficient (Wildman–Crippen LogP) is 3.35. The van der Waals surface area contributed by atoms with Crippen molar-refractivity contribution in [2.75, 3.05) is 22.9 Å². The lowest BCUT2D eigenvalue weighted by Crippen LogP contribution is -1.97. The molecule has 3 aromatic rings. The molecule has 0 amide bonds. The summed E-state index contributed by atoms with van der Waals surface area (Å²) >= 11 is 0. The standard InChI is InChI=1S/C18H18N4/c19-13-5-1-11(2-6-13)15-9-16(18(22)10-17(15)21)12-3-7-14(20)8-4-12/h1-10H,19-22H2. The largest absolute Gasteiger partial charge is 0.399 e. The van der Waals surface area contributed by atoms with Crippen molar-refractivity contribution >= 4 is 22.7 Å². The molecular weight excluding hydrogens is 272 g/mol. The Morgan fingerprint density at radius 3 is 1.18 bits per heavy atom. The van der Waals surface area contributed by atoms with Gasteiger partial charge in [-0.3, -0.25) is 0 Å². The van der Waals surface area contributed by atoms with Gasteiger partial charge < -0.3 is 22.9 Å². The van der Waals surface area contributed by atoms with E-state index in [1.165, 1.54) is 0 Å². The quantitative estimate of drug-likeness (QED) is 0.543. The van der Waals surface area contributed by atoms with Gasteiger partial charge in [0.2, 0.25) is 0 Å². The monoisotopic (exact) mass is 290 g/mol. The van der Waals surface area contributed by atoms with Crippen molar-refractivity contribution in [3.8, 4) is 22.3 Å². The minimum Gasteiger partial charge on any atom is -0.399 e. The first-order chi connectivity index (χ1) is 10.5. The van der Waals surface area contributed by atoms with Gasteiger partial charge in [-0.05, 0) is 47.5 Å². The molecule has 0 aliphatic heterocycles. The fraction of sp³-hybridized carbons (Fsp3) is 0. The van der Waals surface area contributed by atoms with Crippen LogP contribution in [-0.4, -0.2) is 0 Å². The summed E-state index contributed by atoms with van der Waals surface area (Å²) < 4.78 is 0. The molecule has 110 valence electrons. The van der Waals surface area contributed by atoms with Crippen LogP contribution >= 0.6 is 0 Å².